The number of nitrogens with zero attached hydrogens (tertiary/aromatic N) is 2. The third-order valence-corrected chi connectivity index (χ3v) is 7.22. The van der Waals surface area contributed by atoms with Gasteiger partial charge in [0.1, 0.15) is 6.04 Å². The van der Waals surface area contributed by atoms with E-state index in [-0.39, 0.29) is 30.2 Å². The lowest BCUT2D eigenvalue weighted by atomic mass is 9.85. The molecule has 4 aliphatic rings. The van der Waals surface area contributed by atoms with Gasteiger partial charge in [-0.15, -0.1) is 0 Å². The number of amides is 3. The second kappa shape index (κ2) is 7.22. The summed E-state index contributed by atoms with van der Waals surface area (Å²) in [7, 11) is 0. The van der Waals surface area contributed by atoms with E-state index >= 15 is 0 Å². The first-order valence-electron chi connectivity index (χ1n) is 10.7. The van der Waals surface area contributed by atoms with Gasteiger partial charge in [-0.1, -0.05) is 18.6 Å². The predicted octanol–water partition coefficient (Wildman–Crippen LogP) is 1.01. The molecule has 29 heavy (non-hydrogen) atoms. The highest BCUT2D eigenvalue weighted by Crippen LogP contribution is 2.38. The van der Waals surface area contributed by atoms with E-state index in [1.165, 1.54) is 24.8 Å². The van der Waals surface area contributed by atoms with Gasteiger partial charge in [-0.05, 0) is 48.3 Å². The Hall–Kier alpha value is -2.25. The molecule has 4 atom stereocenters. The number of carbonyl (C=O) groups is 3. The van der Waals surface area contributed by atoms with Crippen molar-refractivity contribution in [1.29, 1.82) is 0 Å². The zero-order valence-corrected chi connectivity index (χ0v) is 16.6. The van der Waals surface area contributed by atoms with Gasteiger partial charge < -0.3 is 10.6 Å². The fourth-order valence-electron chi connectivity index (χ4n) is 5.81. The highest BCUT2D eigenvalue weighted by atomic mass is 16.2. The molecule has 0 spiro atoms. The molecule has 3 heterocycles. The molecule has 154 valence electrons. The van der Waals surface area contributed by atoms with Crippen LogP contribution in [0.5, 0.6) is 0 Å². The van der Waals surface area contributed by atoms with Gasteiger partial charge in [0, 0.05) is 44.2 Å². The summed E-state index contributed by atoms with van der Waals surface area (Å²) >= 11 is 0. The van der Waals surface area contributed by atoms with Crippen LogP contribution in [-0.2, 0) is 22.7 Å². The minimum atomic E-state index is -0.560. The van der Waals surface area contributed by atoms with Gasteiger partial charge >= 0.3 is 0 Å². The molecule has 0 bridgehead atoms. The van der Waals surface area contributed by atoms with Crippen molar-refractivity contribution in [3.05, 3.63) is 34.9 Å². The SMILES string of the molecule is NC1CN(Cc2ccc3c(c2)CN(C2CCC(=O)NC2=O)C3=O)CC2CCCC12. The van der Waals surface area contributed by atoms with Crippen LogP contribution in [-0.4, -0.2) is 52.7 Å². The van der Waals surface area contributed by atoms with Crippen LogP contribution in [0.25, 0.3) is 0 Å². The Bertz CT molecular complexity index is 870. The third-order valence-electron chi connectivity index (χ3n) is 7.22. The van der Waals surface area contributed by atoms with Gasteiger partial charge in [-0.2, -0.15) is 0 Å². The molecule has 0 aromatic heterocycles. The average molecular weight is 396 g/mol. The molecule has 7 heteroatoms. The molecule has 3 N–H and O–H groups in total. The summed E-state index contributed by atoms with van der Waals surface area (Å²) in [6, 6.07) is 5.72. The number of piperidine rings is 2. The van der Waals surface area contributed by atoms with Gasteiger partial charge in [-0.25, -0.2) is 0 Å². The number of imide groups is 1. The molecule has 1 aliphatic carbocycles. The van der Waals surface area contributed by atoms with Crippen molar-refractivity contribution < 1.29 is 14.4 Å². The first kappa shape index (κ1) is 18.8. The van der Waals surface area contributed by atoms with Crippen LogP contribution in [0.4, 0.5) is 0 Å². The maximum atomic E-state index is 12.8. The smallest absolute Gasteiger partial charge is 0.255 e. The third kappa shape index (κ3) is 3.36. The molecule has 1 saturated carbocycles. The molecule has 2 saturated heterocycles. The highest BCUT2D eigenvalue weighted by Gasteiger charge is 2.40. The Kier molecular flexibility index (Phi) is 4.67. The molecule has 3 fully saturated rings. The number of benzene rings is 1. The van der Waals surface area contributed by atoms with Crippen LogP contribution in [0.1, 0.15) is 53.6 Å². The summed E-state index contributed by atoms with van der Waals surface area (Å²) in [5.41, 5.74) is 9.27. The number of nitrogens with two attached hydrogens (primary N) is 1. The van der Waals surface area contributed by atoms with Crippen LogP contribution >= 0.6 is 0 Å². The molecule has 1 aromatic carbocycles. The van der Waals surface area contributed by atoms with Crippen LogP contribution in [0, 0.1) is 11.8 Å². The van der Waals surface area contributed by atoms with E-state index in [2.05, 4.69) is 16.3 Å². The monoisotopic (exact) mass is 396 g/mol. The normalized spacial score (nSPS) is 32.3. The van der Waals surface area contributed by atoms with Crippen LogP contribution in [0.15, 0.2) is 18.2 Å². The molecule has 3 amide bonds. The molecule has 1 aromatic rings. The molecular formula is C22H28N4O3. The number of carbonyl (C=O) groups excluding carboxylic acids is 3. The second-order valence-electron chi connectivity index (χ2n) is 9.10. The van der Waals surface area contributed by atoms with E-state index in [0.717, 1.165) is 31.1 Å². The molecule has 7 nitrogen and oxygen atoms in total. The minimum Gasteiger partial charge on any atom is -0.326 e. The van der Waals surface area contributed by atoms with Gasteiger partial charge in [-0.3, -0.25) is 24.6 Å². The fraction of sp³-hybridized carbons (Fsp3) is 0.591. The lowest BCUT2D eigenvalue weighted by Gasteiger charge is -2.39. The topological polar surface area (TPSA) is 95.7 Å². The fourth-order valence-corrected chi connectivity index (χ4v) is 5.81. The molecule has 0 radical (unpaired) electrons. The minimum absolute atomic E-state index is 0.116. The standard InChI is InChI=1S/C22H28N4O3/c23-18-12-25(10-14-2-1-3-16(14)18)9-13-4-5-17-15(8-13)11-26(22(17)29)19-6-7-20(27)24-21(19)28/h4-5,8,14,16,18-19H,1-3,6-7,9-12,23H2,(H,24,27,28). The quantitative estimate of drug-likeness (QED) is 0.744. The maximum absolute atomic E-state index is 12.8. The lowest BCUT2D eigenvalue weighted by molar-refractivity contribution is -0.136. The Morgan fingerprint density at radius 3 is 2.79 bits per heavy atom. The summed E-state index contributed by atoms with van der Waals surface area (Å²) in [4.78, 5) is 40.5. The van der Waals surface area contributed by atoms with Crippen molar-refractivity contribution in [3.8, 4) is 0 Å². The van der Waals surface area contributed by atoms with Crippen molar-refractivity contribution in [2.24, 2.45) is 17.6 Å². The van der Waals surface area contributed by atoms with Crippen LogP contribution in [0.3, 0.4) is 0 Å². The van der Waals surface area contributed by atoms with E-state index in [0.29, 0.717) is 24.4 Å². The molecule has 3 aliphatic heterocycles. The molecule has 5 rings (SSSR count). The average Bonchev–Trinajstić information content (AvgIpc) is 3.27. The predicted molar refractivity (Wildman–Crippen MR) is 107 cm³/mol. The van der Waals surface area contributed by atoms with E-state index in [4.69, 9.17) is 5.73 Å². The van der Waals surface area contributed by atoms with Crippen molar-refractivity contribution in [2.45, 2.75) is 57.3 Å². The Morgan fingerprint density at radius 1 is 1.10 bits per heavy atom. The van der Waals surface area contributed by atoms with Crippen molar-refractivity contribution in [2.75, 3.05) is 13.1 Å². The van der Waals surface area contributed by atoms with E-state index in [1.54, 1.807) is 4.90 Å². The number of hydrogen-bond donors (Lipinski definition) is 2. The Morgan fingerprint density at radius 2 is 1.97 bits per heavy atom. The van der Waals surface area contributed by atoms with Crippen molar-refractivity contribution >= 4 is 17.7 Å². The van der Waals surface area contributed by atoms with Gasteiger partial charge in [0.15, 0.2) is 0 Å². The molecule has 4 unspecified atom stereocenters. The van der Waals surface area contributed by atoms with E-state index < -0.39 is 6.04 Å². The van der Waals surface area contributed by atoms with Gasteiger partial charge in [0.2, 0.25) is 11.8 Å². The Balaban J connectivity index is 1.29. The van der Waals surface area contributed by atoms with E-state index in [1.807, 2.05) is 12.1 Å². The van der Waals surface area contributed by atoms with Crippen molar-refractivity contribution in [3.63, 3.8) is 0 Å². The molecular weight excluding hydrogens is 368 g/mol. The zero-order chi connectivity index (χ0) is 20.1. The van der Waals surface area contributed by atoms with Crippen LogP contribution < -0.4 is 11.1 Å². The number of hydrogen-bond acceptors (Lipinski definition) is 5. The second-order valence-corrected chi connectivity index (χ2v) is 9.10. The number of rotatable bonds is 3. The number of fused-ring (bicyclic) bond motifs is 2. The zero-order valence-electron chi connectivity index (χ0n) is 16.6. The largest absolute Gasteiger partial charge is 0.326 e. The van der Waals surface area contributed by atoms with E-state index in [9.17, 15) is 14.4 Å². The summed E-state index contributed by atoms with van der Waals surface area (Å²) in [6.45, 7) is 3.31. The highest BCUT2D eigenvalue weighted by molar-refractivity contribution is 6.05. The first-order valence-corrected chi connectivity index (χ1v) is 10.7. The summed E-state index contributed by atoms with van der Waals surface area (Å²) in [5.74, 6) is 0.663. The maximum Gasteiger partial charge on any atom is 0.255 e. The summed E-state index contributed by atoms with van der Waals surface area (Å²) < 4.78 is 0. The lowest BCUT2D eigenvalue weighted by Crippen LogP contribution is -2.52. The number of likely N-dealkylation sites (tertiary alicyclic amines) is 1. The van der Waals surface area contributed by atoms with Crippen LogP contribution in [0.2, 0.25) is 0 Å². The summed E-state index contributed by atoms with van der Waals surface area (Å²) in [6.07, 6.45) is 4.53. The number of nitrogens with one attached hydrogen (secondary N) is 1. The van der Waals surface area contributed by atoms with Gasteiger partial charge in [0.05, 0.1) is 0 Å². The summed E-state index contributed by atoms with van der Waals surface area (Å²) in [5, 5.41) is 2.35. The van der Waals surface area contributed by atoms with Gasteiger partial charge in [0.25, 0.3) is 5.91 Å². The Labute approximate surface area is 170 Å². The van der Waals surface area contributed by atoms with Crippen molar-refractivity contribution in [1.82, 2.24) is 15.1 Å². The first-order chi connectivity index (χ1) is 14.0.